The maximum atomic E-state index is 12.2. The average molecular weight is 388 g/mol. The number of ether oxygens (including phenoxy) is 1. The summed E-state index contributed by atoms with van der Waals surface area (Å²) in [4.78, 5) is 4.60. The molecule has 0 saturated heterocycles. The van der Waals surface area contributed by atoms with Gasteiger partial charge in [0.05, 0.1) is 24.1 Å². The molecule has 0 fully saturated rings. The fourth-order valence-corrected chi connectivity index (χ4v) is 3.88. The lowest BCUT2D eigenvalue weighted by molar-refractivity contribution is 0.262. The van der Waals surface area contributed by atoms with E-state index >= 15 is 0 Å². The number of nitrogens with two attached hydrogens (primary N) is 1. The molecule has 7 nitrogen and oxygen atoms in total. The summed E-state index contributed by atoms with van der Waals surface area (Å²) >= 11 is 0. The first-order valence-electron chi connectivity index (χ1n) is 8.67. The van der Waals surface area contributed by atoms with Crippen molar-refractivity contribution in [3.05, 3.63) is 59.7 Å². The standard InChI is InChI=1S/C19H24N4O3S/c1-23(2)27(24,25)15-7-5-6-14(12-15)13-21-19(20)22-17-10-11-26-18-9-4-3-8-16(17)18/h3-9,12,17H,10-11,13H2,1-2H3,(H3,20,21,22). The van der Waals surface area contributed by atoms with E-state index in [0.29, 0.717) is 19.1 Å². The van der Waals surface area contributed by atoms with Crippen molar-refractivity contribution in [3.8, 4) is 5.75 Å². The molecule has 3 N–H and O–H groups in total. The highest BCUT2D eigenvalue weighted by Crippen LogP contribution is 2.31. The maximum Gasteiger partial charge on any atom is 0.242 e. The van der Waals surface area contributed by atoms with Gasteiger partial charge in [-0.1, -0.05) is 30.3 Å². The van der Waals surface area contributed by atoms with Gasteiger partial charge < -0.3 is 15.8 Å². The number of guanidine groups is 1. The molecule has 1 aliphatic heterocycles. The SMILES string of the molecule is CN(C)S(=O)(=O)c1cccc(CN=C(N)NC2CCOc3ccccc32)c1. The second-order valence-corrected chi connectivity index (χ2v) is 8.66. The minimum Gasteiger partial charge on any atom is -0.493 e. The Bertz CT molecular complexity index is 941. The molecule has 0 amide bonds. The van der Waals surface area contributed by atoms with Gasteiger partial charge in [-0.05, 0) is 23.8 Å². The number of benzene rings is 2. The number of aliphatic imine (C=N–C) groups is 1. The molecule has 8 heteroatoms. The Labute approximate surface area is 159 Å². The molecule has 2 aromatic carbocycles. The van der Waals surface area contributed by atoms with Crippen molar-refractivity contribution in [2.24, 2.45) is 10.7 Å². The highest BCUT2D eigenvalue weighted by atomic mass is 32.2. The Morgan fingerprint density at radius 1 is 1.26 bits per heavy atom. The largest absolute Gasteiger partial charge is 0.493 e. The first kappa shape index (κ1) is 19.2. The minimum absolute atomic E-state index is 0.0409. The minimum atomic E-state index is -3.47. The van der Waals surface area contributed by atoms with Crippen LogP contribution < -0.4 is 15.8 Å². The lowest BCUT2D eigenvalue weighted by Crippen LogP contribution is -2.37. The molecule has 27 heavy (non-hydrogen) atoms. The van der Waals surface area contributed by atoms with Crippen molar-refractivity contribution in [2.75, 3.05) is 20.7 Å². The maximum absolute atomic E-state index is 12.2. The number of sulfonamides is 1. The predicted octanol–water partition coefficient (Wildman–Crippen LogP) is 1.86. The van der Waals surface area contributed by atoms with E-state index in [0.717, 1.165) is 23.3 Å². The number of rotatable bonds is 5. The van der Waals surface area contributed by atoms with Gasteiger partial charge in [-0.25, -0.2) is 17.7 Å². The third-order valence-electron chi connectivity index (χ3n) is 4.39. The van der Waals surface area contributed by atoms with Crippen LogP contribution >= 0.6 is 0 Å². The van der Waals surface area contributed by atoms with Crippen molar-refractivity contribution >= 4 is 16.0 Å². The molecule has 0 aliphatic carbocycles. The third-order valence-corrected chi connectivity index (χ3v) is 6.20. The summed E-state index contributed by atoms with van der Waals surface area (Å²) < 4.78 is 31.3. The normalized spacial score (nSPS) is 17.3. The van der Waals surface area contributed by atoms with Crippen molar-refractivity contribution in [1.82, 2.24) is 9.62 Å². The van der Waals surface area contributed by atoms with E-state index < -0.39 is 10.0 Å². The van der Waals surface area contributed by atoms with Crippen LogP contribution in [0.3, 0.4) is 0 Å². The van der Waals surface area contributed by atoms with Gasteiger partial charge in [-0.2, -0.15) is 0 Å². The molecule has 1 heterocycles. The Hall–Kier alpha value is -2.58. The van der Waals surface area contributed by atoms with Crippen LogP contribution in [0.2, 0.25) is 0 Å². The van der Waals surface area contributed by atoms with E-state index in [2.05, 4.69) is 10.3 Å². The van der Waals surface area contributed by atoms with Gasteiger partial charge in [0.25, 0.3) is 0 Å². The molecule has 0 spiro atoms. The molecule has 144 valence electrons. The summed E-state index contributed by atoms with van der Waals surface area (Å²) in [5.74, 6) is 1.17. The molecule has 1 aliphatic rings. The van der Waals surface area contributed by atoms with E-state index in [-0.39, 0.29) is 10.9 Å². The molecule has 0 radical (unpaired) electrons. The fourth-order valence-electron chi connectivity index (χ4n) is 2.91. The van der Waals surface area contributed by atoms with Gasteiger partial charge in [-0.3, -0.25) is 0 Å². The number of hydrogen-bond acceptors (Lipinski definition) is 4. The Morgan fingerprint density at radius 2 is 2.04 bits per heavy atom. The predicted molar refractivity (Wildman–Crippen MR) is 105 cm³/mol. The van der Waals surface area contributed by atoms with Crippen LogP contribution in [0, 0.1) is 0 Å². The number of nitrogens with one attached hydrogen (secondary N) is 1. The molecular weight excluding hydrogens is 364 g/mol. The summed E-state index contributed by atoms with van der Waals surface area (Å²) in [5.41, 5.74) is 7.88. The van der Waals surface area contributed by atoms with Crippen LogP contribution in [0.25, 0.3) is 0 Å². The Kier molecular flexibility index (Phi) is 5.67. The third kappa shape index (κ3) is 4.40. The lowest BCUT2D eigenvalue weighted by atomic mass is 10.0. The summed E-state index contributed by atoms with van der Waals surface area (Å²) in [6.45, 7) is 0.910. The van der Waals surface area contributed by atoms with Gasteiger partial charge in [0.1, 0.15) is 5.75 Å². The van der Waals surface area contributed by atoms with Crippen molar-refractivity contribution in [1.29, 1.82) is 0 Å². The molecule has 1 unspecified atom stereocenters. The molecule has 0 saturated carbocycles. The number of hydrogen-bond donors (Lipinski definition) is 2. The highest BCUT2D eigenvalue weighted by Gasteiger charge is 2.21. The summed E-state index contributed by atoms with van der Waals surface area (Å²) in [6.07, 6.45) is 0.795. The van der Waals surface area contributed by atoms with Gasteiger partial charge in [-0.15, -0.1) is 0 Å². The van der Waals surface area contributed by atoms with Crippen LogP contribution in [-0.4, -0.2) is 39.4 Å². The fraction of sp³-hybridized carbons (Fsp3) is 0.316. The molecular formula is C19H24N4O3S. The second kappa shape index (κ2) is 7.98. The van der Waals surface area contributed by atoms with Gasteiger partial charge in [0.2, 0.25) is 10.0 Å². The molecule has 0 bridgehead atoms. The quantitative estimate of drug-likeness (QED) is 0.602. The smallest absolute Gasteiger partial charge is 0.242 e. The first-order chi connectivity index (χ1) is 12.9. The van der Waals surface area contributed by atoms with Crippen molar-refractivity contribution in [3.63, 3.8) is 0 Å². The van der Waals surface area contributed by atoms with E-state index in [1.165, 1.54) is 18.4 Å². The van der Waals surface area contributed by atoms with Gasteiger partial charge >= 0.3 is 0 Å². The molecule has 2 aromatic rings. The van der Waals surface area contributed by atoms with Gasteiger partial charge in [0.15, 0.2) is 5.96 Å². The molecule has 1 atom stereocenters. The second-order valence-electron chi connectivity index (χ2n) is 6.51. The summed E-state index contributed by atoms with van der Waals surface area (Å²) in [6, 6.07) is 14.6. The summed E-state index contributed by atoms with van der Waals surface area (Å²) in [5, 5.41) is 3.23. The zero-order valence-corrected chi connectivity index (χ0v) is 16.2. The van der Waals surface area contributed by atoms with Gasteiger partial charge in [0, 0.05) is 26.1 Å². The average Bonchev–Trinajstić information content (AvgIpc) is 2.67. The van der Waals surface area contributed by atoms with E-state index in [1.54, 1.807) is 18.2 Å². The number of nitrogens with zero attached hydrogens (tertiary/aromatic N) is 2. The van der Waals surface area contributed by atoms with Crippen LogP contribution in [0.15, 0.2) is 58.4 Å². The monoisotopic (exact) mass is 388 g/mol. The number of fused-ring (bicyclic) bond motifs is 1. The van der Waals surface area contributed by atoms with E-state index in [9.17, 15) is 8.42 Å². The lowest BCUT2D eigenvalue weighted by Gasteiger charge is -2.26. The van der Waals surface area contributed by atoms with Crippen molar-refractivity contribution < 1.29 is 13.2 Å². The topological polar surface area (TPSA) is 97.0 Å². The van der Waals surface area contributed by atoms with E-state index in [1.807, 2.05) is 30.3 Å². The number of para-hydroxylation sites is 1. The molecule has 0 aromatic heterocycles. The Balaban J connectivity index is 1.70. The Morgan fingerprint density at radius 3 is 2.81 bits per heavy atom. The summed E-state index contributed by atoms with van der Waals surface area (Å²) in [7, 11) is -0.455. The van der Waals surface area contributed by atoms with Crippen LogP contribution in [-0.2, 0) is 16.6 Å². The van der Waals surface area contributed by atoms with Crippen LogP contribution in [0.5, 0.6) is 5.75 Å². The zero-order valence-electron chi connectivity index (χ0n) is 15.4. The van der Waals surface area contributed by atoms with Crippen LogP contribution in [0.4, 0.5) is 0 Å². The molecule has 3 rings (SSSR count). The zero-order chi connectivity index (χ0) is 19.4. The highest BCUT2D eigenvalue weighted by molar-refractivity contribution is 7.89. The van der Waals surface area contributed by atoms with Crippen LogP contribution in [0.1, 0.15) is 23.6 Å². The van der Waals surface area contributed by atoms with Crippen molar-refractivity contribution in [2.45, 2.75) is 23.9 Å². The first-order valence-corrected chi connectivity index (χ1v) is 10.1. The van der Waals surface area contributed by atoms with E-state index in [4.69, 9.17) is 10.5 Å².